The van der Waals surface area contributed by atoms with Crippen LogP contribution in [0, 0.1) is 5.92 Å². The number of rotatable bonds is 0. The molecule has 0 unspecified atom stereocenters. The molecule has 0 saturated carbocycles. The Morgan fingerprint density at radius 1 is 1.30 bits per heavy atom. The first-order valence-corrected chi connectivity index (χ1v) is 4.29. The summed E-state index contributed by atoms with van der Waals surface area (Å²) < 4.78 is 5.62. The molecule has 58 valence electrons. The second-order valence-corrected chi connectivity index (χ2v) is 3.30. The van der Waals surface area contributed by atoms with Crippen LogP contribution in [0.3, 0.4) is 0 Å². The summed E-state index contributed by atoms with van der Waals surface area (Å²) in [5.74, 6) is 0.870. The van der Waals surface area contributed by atoms with Crippen molar-refractivity contribution in [2.45, 2.75) is 25.4 Å². The maximum Gasteiger partial charge on any atom is 0.0728 e. The molecule has 0 aromatic carbocycles. The van der Waals surface area contributed by atoms with Crippen molar-refractivity contribution in [3.63, 3.8) is 0 Å². The van der Waals surface area contributed by atoms with Gasteiger partial charge in [-0.2, -0.15) is 0 Å². The summed E-state index contributed by atoms with van der Waals surface area (Å²) in [6, 6.07) is 0. The van der Waals surface area contributed by atoms with E-state index in [0.29, 0.717) is 6.10 Å². The molecule has 2 heterocycles. The second-order valence-electron chi connectivity index (χ2n) is 3.30. The van der Waals surface area contributed by atoms with Crippen molar-refractivity contribution in [3.8, 4) is 0 Å². The zero-order valence-corrected chi connectivity index (χ0v) is 6.31. The van der Waals surface area contributed by atoms with Crippen LogP contribution in [0.1, 0.15) is 19.3 Å². The normalized spacial score (nSPS) is 40.8. The third-order valence-electron chi connectivity index (χ3n) is 2.61. The summed E-state index contributed by atoms with van der Waals surface area (Å²) in [4.78, 5) is 0. The van der Waals surface area contributed by atoms with E-state index < -0.39 is 0 Å². The molecule has 0 bridgehead atoms. The first kappa shape index (κ1) is 6.62. The minimum Gasteiger partial charge on any atom is -0.377 e. The Labute approximate surface area is 61.9 Å². The number of hydrogen-bond donors (Lipinski definition) is 1. The molecule has 2 fully saturated rings. The summed E-state index contributed by atoms with van der Waals surface area (Å²) >= 11 is 0. The van der Waals surface area contributed by atoms with Gasteiger partial charge in [0.2, 0.25) is 0 Å². The summed E-state index contributed by atoms with van der Waals surface area (Å²) in [5.41, 5.74) is 0. The fraction of sp³-hybridized carbons (Fsp3) is 1.00. The Morgan fingerprint density at radius 3 is 3.20 bits per heavy atom. The van der Waals surface area contributed by atoms with Crippen molar-refractivity contribution < 1.29 is 4.74 Å². The summed E-state index contributed by atoms with van der Waals surface area (Å²) in [7, 11) is 0. The van der Waals surface area contributed by atoms with Crippen molar-refractivity contribution in [1.82, 2.24) is 5.32 Å². The van der Waals surface area contributed by atoms with E-state index in [4.69, 9.17) is 4.74 Å². The molecule has 0 amide bonds. The highest BCUT2D eigenvalue weighted by molar-refractivity contribution is 4.80. The van der Waals surface area contributed by atoms with Crippen LogP contribution >= 0.6 is 0 Å². The van der Waals surface area contributed by atoms with E-state index in [1.54, 1.807) is 0 Å². The third-order valence-corrected chi connectivity index (χ3v) is 2.61. The molecular weight excluding hydrogens is 126 g/mol. The van der Waals surface area contributed by atoms with Gasteiger partial charge in [-0.25, -0.2) is 0 Å². The van der Waals surface area contributed by atoms with E-state index in [0.717, 1.165) is 19.1 Å². The predicted molar refractivity (Wildman–Crippen MR) is 40.0 cm³/mol. The maximum atomic E-state index is 5.62. The Balaban J connectivity index is 1.93. The van der Waals surface area contributed by atoms with E-state index in [1.165, 1.54) is 25.8 Å². The van der Waals surface area contributed by atoms with E-state index in [1.807, 2.05) is 0 Å². The molecule has 2 aliphatic heterocycles. The quantitative estimate of drug-likeness (QED) is 0.538. The van der Waals surface area contributed by atoms with E-state index >= 15 is 0 Å². The molecule has 0 aliphatic carbocycles. The van der Waals surface area contributed by atoms with Gasteiger partial charge in [-0.3, -0.25) is 0 Å². The lowest BCUT2D eigenvalue weighted by Crippen LogP contribution is -2.44. The first-order chi connectivity index (χ1) is 4.97. The van der Waals surface area contributed by atoms with Crippen LogP contribution in [0.25, 0.3) is 0 Å². The summed E-state index contributed by atoms with van der Waals surface area (Å²) in [6.45, 7) is 3.28. The highest BCUT2D eigenvalue weighted by Gasteiger charge is 2.27. The molecule has 1 N–H and O–H groups in total. The van der Waals surface area contributed by atoms with Gasteiger partial charge in [0.25, 0.3) is 0 Å². The molecule has 0 radical (unpaired) electrons. The van der Waals surface area contributed by atoms with E-state index in [2.05, 4.69) is 5.32 Å². The number of fused-ring (bicyclic) bond motifs is 1. The Morgan fingerprint density at radius 2 is 2.30 bits per heavy atom. The lowest BCUT2D eigenvalue weighted by molar-refractivity contribution is -0.0384. The average Bonchev–Trinajstić information content (AvgIpc) is 2.05. The van der Waals surface area contributed by atoms with Gasteiger partial charge in [-0.1, -0.05) is 0 Å². The maximum absolute atomic E-state index is 5.62. The zero-order valence-electron chi connectivity index (χ0n) is 6.31. The van der Waals surface area contributed by atoms with Gasteiger partial charge in [0.15, 0.2) is 0 Å². The largest absolute Gasteiger partial charge is 0.377 e. The van der Waals surface area contributed by atoms with Crippen molar-refractivity contribution in [3.05, 3.63) is 0 Å². The van der Waals surface area contributed by atoms with Gasteiger partial charge in [-0.05, 0) is 31.7 Å². The molecule has 2 heteroatoms. The van der Waals surface area contributed by atoms with Crippen LogP contribution in [-0.2, 0) is 4.74 Å². The van der Waals surface area contributed by atoms with Crippen molar-refractivity contribution >= 4 is 0 Å². The smallest absolute Gasteiger partial charge is 0.0728 e. The monoisotopic (exact) mass is 141 g/mol. The molecule has 2 nitrogen and oxygen atoms in total. The summed E-state index contributed by atoms with van der Waals surface area (Å²) in [6.07, 6.45) is 4.54. The van der Waals surface area contributed by atoms with Gasteiger partial charge in [0.1, 0.15) is 0 Å². The minimum atomic E-state index is 0.544. The Kier molecular flexibility index (Phi) is 1.91. The van der Waals surface area contributed by atoms with Crippen LogP contribution < -0.4 is 5.32 Å². The SMILES string of the molecule is C1CO[C@@H]2CNCC[C@@H]2C1. The molecule has 2 aliphatic rings. The molecule has 0 aromatic heterocycles. The highest BCUT2D eigenvalue weighted by atomic mass is 16.5. The lowest BCUT2D eigenvalue weighted by atomic mass is 9.89. The Hall–Kier alpha value is -0.0800. The predicted octanol–water partition coefficient (Wildman–Crippen LogP) is 0.775. The second kappa shape index (κ2) is 2.89. The van der Waals surface area contributed by atoms with Gasteiger partial charge >= 0.3 is 0 Å². The molecule has 2 atom stereocenters. The molecule has 2 rings (SSSR count). The number of piperidine rings is 1. The number of nitrogens with one attached hydrogen (secondary N) is 1. The topological polar surface area (TPSA) is 21.3 Å². The minimum absolute atomic E-state index is 0.544. The van der Waals surface area contributed by atoms with E-state index in [9.17, 15) is 0 Å². The fourth-order valence-corrected chi connectivity index (χ4v) is 1.99. The van der Waals surface area contributed by atoms with Crippen LogP contribution in [0.15, 0.2) is 0 Å². The average molecular weight is 141 g/mol. The third kappa shape index (κ3) is 1.18. The van der Waals surface area contributed by atoms with Crippen LogP contribution in [0.2, 0.25) is 0 Å². The van der Waals surface area contributed by atoms with Crippen molar-refractivity contribution in [1.29, 1.82) is 0 Å². The van der Waals surface area contributed by atoms with Crippen molar-refractivity contribution in [2.75, 3.05) is 19.7 Å². The standard InChI is InChI=1S/C8H15NO/c1-2-7-3-4-9-6-8(7)10-5-1/h7-9H,1-6H2/t7-,8+/m0/s1. The molecular formula is C8H15NO. The molecule has 0 aromatic rings. The van der Waals surface area contributed by atoms with Gasteiger partial charge in [-0.15, -0.1) is 0 Å². The van der Waals surface area contributed by atoms with Crippen LogP contribution in [0.4, 0.5) is 0 Å². The van der Waals surface area contributed by atoms with Gasteiger partial charge < -0.3 is 10.1 Å². The Bertz CT molecular complexity index is 89.8. The summed E-state index contributed by atoms with van der Waals surface area (Å²) in [5, 5.41) is 3.36. The van der Waals surface area contributed by atoms with Gasteiger partial charge in [0, 0.05) is 13.2 Å². The first-order valence-electron chi connectivity index (χ1n) is 4.29. The number of ether oxygens (including phenoxy) is 1. The van der Waals surface area contributed by atoms with Gasteiger partial charge in [0.05, 0.1) is 6.10 Å². The molecule has 10 heavy (non-hydrogen) atoms. The molecule has 0 spiro atoms. The van der Waals surface area contributed by atoms with Crippen LogP contribution in [0.5, 0.6) is 0 Å². The van der Waals surface area contributed by atoms with Crippen molar-refractivity contribution in [2.24, 2.45) is 5.92 Å². The number of hydrogen-bond acceptors (Lipinski definition) is 2. The van der Waals surface area contributed by atoms with E-state index in [-0.39, 0.29) is 0 Å². The van der Waals surface area contributed by atoms with Crippen LogP contribution in [-0.4, -0.2) is 25.8 Å². The molecule has 2 saturated heterocycles. The highest BCUT2D eigenvalue weighted by Crippen LogP contribution is 2.25. The lowest BCUT2D eigenvalue weighted by Gasteiger charge is -2.35. The fourth-order valence-electron chi connectivity index (χ4n) is 1.99. The zero-order chi connectivity index (χ0) is 6.81.